The zero-order valence-corrected chi connectivity index (χ0v) is 8.04. The number of nitrogens with one attached hydrogen (secondary N) is 2. The highest BCUT2D eigenvalue weighted by Gasteiger charge is 1.93. The molecule has 0 aromatic carbocycles. The van der Waals surface area contributed by atoms with Crippen LogP contribution in [0.2, 0.25) is 0 Å². The van der Waals surface area contributed by atoms with Crippen molar-refractivity contribution in [2.75, 3.05) is 13.7 Å². The molecule has 0 spiro atoms. The van der Waals surface area contributed by atoms with Gasteiger partial charge in [-0.3, -0.25) is 5.41 Å². The van der Waals surface area contributed by atoms with Crippen molar-refractivity contribution in [1.82, 2.24) is 5.32 Å². The van der Waals surface area contributed by atoms with E-state index in [2.05, 4.69) is 5.32 Å². The Morgan fingerprint density at radius 3 is 2.75 bits per heavy atom. The molecule has 0 aromatic rings. The van der Waals surface area contributed by atoms with Crippen LogP contribution in [0.5, 0.6) is 0 Å². The van der Waals surface area contributed by atoms with Crippen LogP contribution in [-0.2, 0) is 4.74 Å². The Balaban J connectivity index is 3.11. The minimum atomic E-state index is 0.228. The van der Waals surface area contributed by atoms with Crippen LogP contribution >= 0.6 is 12.2 Å². The van der Waals surface area contributed by atoms with Crippen LogP contribution in [0.3, 0.4) is 0 Å². The first-order valence-electron chi connectivity index (χ1n) is 3.84. The third-order valence-corrected chi connectivity index (χ3v) is 1.60. The van der Waals surface area contributed by atoms with Gasteiger partial charge in [0.15, 0.2) is 0 Å². The van der Waals surface area contributed by atoms with E-state index in [1.165, 1.54) is 0 Å². The molecular formula is C7H15N3OS. The Kier molecular flexibility index (Phi) is 6.37. The van der Waals surface area contributed by atoms with E-state index in [4.69, 9.17) is 28.1 Å². The minimum absolute atomic E-state index is 0.228. The molecule has 0 amide bonds. The number of rotatable bonds is 5. The summed E-state index contributed by atoms with van der Waals surface area (Å²) in [5.41, 5.74) is 5.16. The summed E-state index contributed by atoms with van der Waals surface area (Å²) < 4.78 is 5.08. The lowest BCUT2D eigenvalue weighted by molar-refractivity contribution is 0.292. The Hall–Kier alpha value is -0.840. The van der Waals surface area contributed by atoms with Crippen LogP contribution in [0.4, 0.5) is 0 Å². The van der Waals surface area contributed by atoms with Crippen LogP contribution in [0.25, 0.3) is 0 Å². The number of hydrogen-bond donors (Lipinski definition) is 3. The summed E-state index contributed by atoms with van der Waals surface area (Å²) in [6, 6.07) is 0. The summed E-state index contributed by atoms with van der Waals surface area (Å²) in [5.74, 6) is 0.228. The van der Waals surface area contributed by atoms with Gasteiger partial charge in [0.25, 0.3) is 5.17 Å². The Morgan fingerprint density at radius 2 is 2.25 bits per heavy atom. The fourth-order valence-electron chi connectivity index (χ4n) is 0.655. The molecule has 4 nitrogen and oxygen atoms in total. The fraction of sp³-hybridized carbons (Fsp3) is 0.714. The molecule has 12 heavy (non-hydrogen) atoms. The van der Waals surface area contributed by atoms with Crippen LogP contribution in [0, 0.1) is 5.41 Å². The zero-order valence-electron chi connectivity index (χ0n) is 7.22. The molecule has 0 heterocycles. The first kappa shape index (κ1) is 11.2. The predicted molar refractivity (Wildman–Crippen MR) is 53.4 cm³/mol. The lowest BCUT2D eigenvalue weighted by Crippen LogP contribution is -2.19. The number of unbranched alkanes of at least 4 members (excludes halogenated alkanes) is 1. The van der Waals surface area contributed by atoms with Gasteiger partial charge in [-0.15, -0.1) is 0 Å². The predicted octanol–water partition coefficient (Wildman–Crippen LogP) is 0.614. The molecule has 0 saturated heterocycles. The molecule has 0 aromatic heterocycles. The summed E-state index contributed by atoms with van der Waals surface area (Å²) in [6.45, 7) is 0.590. The maximum absolute atomic E-state index is 6.95. The Bertz CT molecular complexity index is 161. The van der Waals surface area contributed by atoms with Crippen molar-refractivity contribution in [2.24, 2.45) is 5.73 Å². The van der Waals surface area contributed by atoms with Crippen molar-refractivity contribution in [3.8, 4) is 0 Å². The topological polar surface area (TPSA) is 71.1 Å². The molecule has 0 atom stereocenters. The van der Waals surface area contributed by atoms with Crippen molar-refractivity contribution < 1.29 is 4.74 Å². The molecule has 4 N–H and O–H groups in total. The second kappa shape index (κ2) is 6.84. The Morgan fingerprint density at radius 1 is 1.58 bits per heavy atom. The van der Waals surface area contributed by atoms with Crippen LogP contribution in [-0.4, -0.2) is 24.7 Å². The maximum atomic E-state index is 6.95. The van der Waals surface area contributed by atoms with Gasteiger partial charge in [-0.05, 0) is 25.1 Å². The smallest absolute Gasteiger partial charge is 0.256 e. The quantitative estimate of drug-likeness (QED) is 0.256. The molecule has 0 aliphatic rings. The Labute approximate surface area is 78.0 Å². The molecule has 0 saturated carbocycles. The molecule has 5 heteroatoms. The monoisotopic (exact) mass is 189 g/mol. The highest BCUT2D eigenvalue weighted by molar-refractivity contribution is 7.80. The minimum Gasteiger partial charge on any atom is -0.471 e. The van der Waals surface area contributed by atoms with Crippen LogP contribution in [0.1, 0.15) is 19.3 Å². The molecule has 70 valence electrons. The van der Waals surface area contributed by atoms with Crippen molar-refractivity contribution >= 4 is 23.2 Å². The third-order valence-electron chi connectivity index (χ3n) is 1.28. The van der Waals surface area contributed by atoms with E-state index in [0.29, 0.717) is 18.2 Å². The van der Waals surface area contributed by atoms with Crippen molar-refractivity contribution in [3.63, 3.8) is 0 Å². The number of amidine groups is 1. The van der Waals surface area contributed by atoms with Gasteiger partial charge >= 0.3 is 0 Å². The highest BCUT2D eigenvalue weighted by atomic mass is 32.1. The van der Waals surface area contributed by atoms with E-state index in [9.17, 15) is 0 Å². The molecule has 0 aliphatic heterocycles. The van der Waals surface area contributed by atoms with Gasteiger partial charge in [0.2, 0.25) is 0 Å². The van der Waals surface area contributed by atoms with Gasteiger partial charge in [0, 0.05) is 13.5 Å². The standard InChI is InChI=1S/C7H15N3OS/c1-10-7(12)11-5-3-2-4-6(8)9/h2-5H2,1H3,(H3,8,9)(H,10,12). The fourth-order valence-corrected chi connectivity index (χ4v) is 0.738. The first-order chi connectivity index (χ1) is 5.66. The van der Waals surface area contributed by atoms with E-state index >= 15 is 0 Å². The largest absolute Gasteiger partial charge is 0.471 e. The number of thiocarbonyl (C=S) groups is 1. The van der Waals surface area contributed by atoms with E-state index in [1.54, 1.807) is 7.05 Å². The van der Waals surface area contributed by atoms with Crippen molar-refractivity contribution in [3.05, 3.63) is 0 Å². The molecule has 0 rings (SSSR count). The lowest BCUT2D eigenvalue weighted by Gasteiger charge is -2.05. The number of hydrogen-bond acceptors (Lipinski definition) is 3. The lowest BCUT2D eigenvalue weighted by atomic mass is 10.2. The van der Waals surface area contributed by atoms with Crippen LogP contribution < -0.4 is 11.1 Å². The van der Waals surface area contributed by atoms with Gasteiger partial charge in [0.1, 0.15) is 0 Å². The van der Waals surface area contributed by atoms with Gasteiger partial charge in [-0.25, -0.2) is 0 Å². The average molecular weight is 189 g/mol. The summed E-state index contributed by atoms with van der Waals surface area (Å²) in [5, 5.41) is 10.1. The van der Waals surface area contributed by atoms with E-state index in [0.717, 1.165) is 12.8 Å². The van der Waals surface area contributed by atoms with E-state index in [-0.39, 0.29) is 5.84 Å². The summed E-state index contributed by atoms with van der Waals surface area (Å²) in [6.07, 6.45) is 2.39. The number of nitrogens with two attached hydrogens (primary N) is 1. The third kappa shape index (κ3) is 7.27. The van der Waals surface area contributed by atoms with Gasteiger partial charge in [-0.1, -0.05) is 0 Å². The molecule has 0 unspecified atom stereocenters. The molecule has 0 bridgehead atoms. The van der Waals surface area contributed by atoms with Gasteiger partial charge < -0.3 is 15.8 Å². The first-order valence-corrected chi connectivity index (χ1v) is 4.25. The molecule has 0 radical (unpaired) electrons. The zero-order chi connectivity index (χ0) is 9.40. The summed E-state index contributed by atoms with van der Waals surface area (Å²) in [7, 11) is 1.72. The number of ether oxygens (including phenoxy) is 1. The second-order valence-corrected chi connectivity index (χ2v) is 2.74. The van der Waals surface area contributed by atoms with Crippen molar-refractivity contribution in [1.29, 1.82) is 5.41 Å². The molecular weight excluding hydrogens is 174 g/mol. The molecule has 0 fully saturated rings. The molecule has 0 aliphatic carbocycles. The van der Waals surface area contributed by atoms with Gasteiger partial charge in [0.05, 0.1) is 12.4 Å². The normalized spacial score (nSPS) is 9.08. The van der Waals surface area contributed by atoms with E-state index < -0.39 is 0 Å². The maximum Gasteiger partial charge on any atom is 0.256 e. The highest BCUT2D eigenvalue weighted by Crippen LogP contribution is 1.94. The van der Waals surface area contributed by atoms with Gasteiger partial charge in [-0.2, -0.15) is 0 Å². The SMILES string of the molecule is CNC(=S)OCCCCC(=N)N. The van der Waals surface area contributed by atoms with Crippen LogP contribution in [0.15, 0.2) is 0 Å². The average Bonchev–Trinajstić information content (AvgIpc) is 2.03. The summed E-state index contributed by atoms with van der Waals surface area (Å²) >= 11 is 4.76. The van der Waals surface area contributed by atoms with E-state index in [1.807, 2.05) is 0 Å². The van der Waals surface area contributed by atoms with Crippen molar-refractivity contribution in [2.45, 2.75) is 19.3 Å². The second-order valence-electron chi connectivity index (χ2n) is 2.37. The summed E-state index contributed by atoms with van der Waals surface area (Å²) in [4.78, 5) is 0.